The number of hydrogen-bond donors (Lipinski definition) is 0. The van der Waals surface area contributed by atoms with Crippen molar-refractivity contribution < 1.29 is 14.3 Å². The van der Waals surface area contributed by atoms with Crippen LogP contribution >= 0.6 is 0 Å². The molecule has 1 saturated carbocycles. The molecule has 2 rings (SSSR count). The first-order chi connectivity index (χ1) is 13.1. The number of hydrogen-bond acceptors (Lipinski definition) is 4. The molecule has 4 heteroatoms. The summed E-state index contributed by atoms with van der Waals surface area (Å²) in [5.74, 6) is 0.499. The van der Waals surface area contributed by atoms with E-state index >= 15 is 0 Å². The third-order valence-corrected chi connectivity index (χ3v) is 5.52. The summed E-state index contributed by atoms with van der Waals surface area (Å²) in [5, 5.41) is 9.62. The van der Waals surface area contributed by atoms with Gasteiger partial charge in [0.2, 0.25) is 0 Å². The van der Waals surface area contributed by atoms with Crippen LogP contribution in [-0.4, -0.2) is 18.7 Å². The molecule has 0 amide bonds. The maximum Gasteiger partial charge on any atom is 0.338 e. The van der Waals surface area contributed by atoms with Crippen LogP contribution in [0, 0.1) is 16.7 Å². The van der Waals surface area contributed by atoms with Gasteiger partial charge in [0.1, 0.15) is 11.9 Å². The van der Waals surface area contributed by atoms with Gasteiger partial charge < -0.3 is 9.47 Å². The Labute approximate surface area is 163 Å². The molecule has 1 aliphatic rings. The van der Waals surface area contributed by atoms with E-state index in [1.807, 2.05) is 12.1 Å². The Balaban J connectivity index is 1.80. The lowest BCUT2D eigenvalue weighted by atomic mass is 9.71. The Morgan fingerprint density at radius 1 is 1.11 bits per heavy atom. The summed E-state index contributed by atoms with van der Waals surface area (Å²) in [6.45, 7) is 5.00. The van der Waals surface area contributed by atoms with Crippen LogP contribution in [0.25, 0.3) is 0 Å². The predicted octanol–water partition coefficient (Wildman–Crippen LogP) is 6.06. The molecular formula is C23H33NO3. The molecule has 1 aliphatic carbocycles. The van der Waals surface area contributed by atoms with Crippen LogP contribution < -0.4 is 4.74 Å². The molecule has 0 heterocycles. The number of rotatable bonds is 10. The van der Waals surface area contributed by atoms with E-state index in [1.54, 1.807) is 12.1 Å². The fourth-order valence-electron chi connectivity index (χ4n) is 3.63. The van der Waals surface area contributed by atoms with Gasteiger partial charge in [0, 0.05) is 0 Å². The third kappa shape index (κ3) is 6.57. The van der Waals surface area contributed by atoms with Crippen LogP contribution in [0.1, 0.15) is 88.4 Å². The molecule has 0 spiro atoms. The van der Waals surface area contributed by atoms with Gasteiger partial charge in [0.25, 0.3) is 0 Å². The van der Waals surface area contributed by atoms with Crippen LogP contribution in [0.3, 0.4) is 0 Å². The summed E-state index contributed by atoms with van der Waals surface area (Å²) < 4.78 is 11.3. The number of esters is 1. The highest BCUT2D eigenvalue weighted by Crippen LogP contribution is 2.41. The number of carbonyl (C=O) groups is 1. The Morgan fingerprint density at radius 2 is 1.78 bits per heavy atom. The number of nitrogens with zero attached hydrogens (tertiary/aromatic N) is 1. The minimum Gasteiger partial charge on any atom is -0.494 e. The first kappa shape index (κ1) is 21.3. The molecule has 148 valence electrons. The highest BCUT2D eigenvalue weighted by molar-refractivity contribution is 5.89. The molecule has 0 N–H and O–H groups in total. The molecular weight excluding hydrogens is 338 g/mol. The Kier molecular flexibility index (Phi) is 8.64. The van der Waals surface area contributed by atoms with E-state index in [1.165, 1.54) is 12.8 Å². The maximum absolute atomic E-state index is 12.4. The second-order valence-corrected chi connectivity index (χ2v) is 7.68. The van der Waals surface area contributed by atoms with Crippen molar-refractivity contribution in [3.63, 3.8) is 0 Å². The first-order valence-corrected chi connectivity index (χ1v) is 10.5. The Hall–Kier alpha value is -2.02. The van der Waals surface area contributed by atoms with Gasteiger partial charge in [-0.15, -0.1) is 0 Å². The Morgan fingerprint density at radius 3 is 2.37 bits per heavy atom. The van der Waals surface area contributed by atoms with E-state index in [2.05, 4.69) is 19.9 Å². The monoisotopic (exact) mass is 371 g/mol. The highest BCUT2D eigenvalue weighted by atomic mass is 16.5. The van der Waals surface area contributed by atoms with Crippen LogP contribution in [0.4, 0.5) is 0 Å². The number of unbranched alkanes of at least 4 members (excludes halogenated alkanes) is 3. The van der Waals surface area contributed by atoms with Gasteiger partial charge in [-0.25, -0.2) is 4.79 Å². The average Bonchev–Trinajstić information content (AvgIpc) is 2.70. The lowest BCUT2D eigenvalue weighted by Crippen LogP contribution is -2.31. The van der Waals surface area contributed by atoms with Crippen LogP contribution in [0.2, 0.25) is 0 Å². The van der Waals surface area contributed by atoms with Crippen molar-refractivity contribution in [2.45, 2.75) is 84.2 Å². The van der Waals surface area contributed by atoms with E-state index in [4.69, 9.17) is 9.47 Å². The molecule has 0 aromatic heterocycles. The van der Waals surface area contributed by atoms with Crippen molar-refractivity contribution >= 4 is 5.97 Å². The smallest absolute Gasteiger partial charge is 0.338 e. The van der Waals surface area contributed by atoms with E-state index in [0.717, 1.165) is 57.1 Å². The molecule has 4 nitrogen and oxygen atoms in total. The SMILES string of the molecule is CCCCC[C@]1(C#N)CC[C@H](OC(=O)c2ccc(OCCCC)cc2)CC1. The van der Waals surface area contributed by atoms with E-state index < -0.39 is 0 Å². The van der Waals surface area contributed by atoms with E-state index in [0.29, 0.717) is 12.2 Å². The Bertz CT molecular complexity index is 610. The van der Waals surface area contributed by atoms with Crippen molar-refractivity contribution in [3.05, 3.63) is 29.8 Å². The van der Waals surface area contributed by atoms with Crippen LogP contribution in [0.15, 0.2) is 24.3 Å². The molecule has 0 saturated heterocycles. The second-order valence-electron chi connectivity index (χ2n) is 7.68. The van der Waals surface area contributed by atoms with Gasteiger partial charge in [-0.05, 0) is 62.8 Å². The molecule has 0 aliphatic heterocycles. The van der Waals surface area contributed by atoms with Crippen LogP contribution in [0.5, 0.6) is 5.75 Å². The van der Waals surface area contributed by atoms with E-state index in [9.17, 15) is 10.1 Å². The quantitative estimate of drug-likeness (QED) is 0.371. The summed E-state index contributed by atoms with van der Waals surface area (Å²) in [5.41, 5.74) is 0.341. The minimum atomic E-state index is -0.282. The first-order valence-electron chi connectivity index (χ1n) is 10.5. The van der Waals surface area contributed by atoms with Crippen molar-refractivity contribution in [1.29, 1.82) is 5.26 Å². The summed E-state index contributed by atoms with van der Waals surface area (Å²) in [6.07, 6.45) is 9.69. The van der Waals surface area contributed by atoms with Gasteiger partial charge in [0.15, 0.2) is 0 Å². The zero-order valence-electron chi connectivity index (χ0n) is 16.8. The standard InChI is InChI=1S/C23H33NO3/c1-3-5-7-14-23(18-24)15-12-21(13-16-23)27-22(25)19-8-10-20(11-9-19)26-17-6-4-2/h8-11,21H,3-7,12-17H2,1-2H3/t21-,23-. The van der Waals surface area contributed by atoms with Crippen molar-refractivity contribution in [1.82, 2.24) is 0 Å². The van der Waals surface area contributed by atoms with Gasteiger partial charge in [0.05, 0.1) is 23.7 Å². The minimum absolute atomic E-state index is 0.0781. The van der Waals surface area contributed by atoms with Crippen LogP contribution in [-0.2, 0) is 4.74 Å². The maximum atomic E-state index is 12.4. The summed E-state index contributed by atoms with van der Waals surface area (Å²) in [4.78, 5) is 12.4. The van der Waals surface area contributed by atoms with Gasteiger partial charge >= 0.3 is 5.97 Å². The lowest BCUT2D eigenvalue weighted by molar-refractivity contribution is 0.0105. The van der Waals surface area contributed by atoms with E-state index in [-0.39, 0.29) is 17.5 Å². The van der Waals surface area contributed by atoms with Crippen molar-refractivity contribution in [2.75, 3.05) is 6.61 Å². The molecule has 1 fully saturated rings. The molecule has 0 unspecified atom stereocenters. The summed E-state index contributed by atoms with van der Waals surface area (Å²) in [7, 11) is 0. The van der Waals surface area contributed by atoms with Gasteiger partial charge in [-0.2, -0.15) is 5.26 Å². The topological polar surface area (TPSA) is 59.3 Å². The predicted molar refractivity (Wildman–Crippen MR) is 107 cm³/mol. The molecule has 27 heavy (non-hydrogen) atoms. The fourth-order valence-corrected chi connectivity index (χ4v) is 3.63. The lowest BCUT2D eigenvalue weighted by Gasteiger charge is -2.34. The van der Waals surface area contributed by atoms with Gasteiger partial charge in [-0.3, -0.25) is 0 Å². The largest absolute Gasteiger partial charge is 0.494 e. The second kappa shape index (κ2) is 11.0. The number of carbonyl (C=O) groups excluding carboxylic acids is 1. The summed E-state index contributed by atoms with van der Waals surface area (Å²) >= 11 is 0. The van der Waals surface area contributed by atoms with Crippen molar-refractivity contribution in [2.24, 2.45) is 5.41 Å². The molecule has 0 bridgehead atoms. The molecule has 0 atom stereocenters. The zero-order valence-corrected chi connectivity index (χ0v) is 16.8. The van der Waals surface area contributed by atoms with Gasteiger partial charge in [-0.1, -0.05) is 39.5 Å². The third-order valence-electron chi connectivity index (χ3n) is 5.52. The number of benzene rings is 1. The molecule has 1 aromatic carbocycles. The average molecular weight is 372 g/mol. The summed E-state index contributed by atoms with van der Waals surface area (Å²) in [6, 6.07) is 9.72. The van der Waals surface area contributed by atoms with Crippen molar-refractivity contribution in [3.8, 4) is 11.8 Å². The molecule has 0 radical (unpaired) electrons. The number of nitriles is 1. The fraction of sp³-hybridized carbons (Fsp3) is 0.652. The molecule has 1 aromatic rings. The normalized spacial score (nSPS) is 22.0. The zero-order chi connectivity index (χ0) is 19.5. The number of ether oxygens (including phenoxy) is 2. The highest BCUT2D eigenvalue weighted by Gasteiger charge is 2.36.